The summed E-state index contributed by atoms with van der Waals surface area (Å²) in [6, 6.07) is 25.8. The second-order valence-corrected chi connectivity index (χ2v) is 6.44. The lowest BCUT2D eigenvalue weighted by molar-refractivity contribution is 0.451. The van der Waals surface area contributed by atoms with Gasteiger partial charge in [0, 0.05) is 28.1 Å². The molecule has 2 heterocycles. The quantitative estimate of drug-likeness (QED) is 0.444. The molecular formula is C23H15BNO3. The molecule has 5 aromatic rings. The monoisotopic (exact) mass is 364 g/mol. The van der Waals surface area contributed by atoms with Crippen molar-refractivity contribution in [3.05, 3.63) is 85.1 Å². The Bertz CT molecular complexity index is 1270. The maximum atomic E-state index is 9.24. The van der Waals surface area contributed by atoms with Crippen molar-refractivity contribution in [2.75, 3.05) is 0 Å². The molecule has 28 heavy (non-hydrogen) atoms. The Kier molecular flexibility index (Phi) is 4.07. The van der Waals surface area contributed by atoms with Crippen LogP contribution in [0.25, 0.3) is 44.3 Å². The van der Waals surface area contributed by atoms with Gasteiger partial charge in [-0.2, -0.15) is 0 Å². The smallest absolute Gasteiger partial charge is 0.535 e. The largest absolute Gasteiger partial charge is 0.569 e. The molecule has 0 unspecified atom stereocenters. The molecule has 3 aromatic carbocycles. The number of aromatic nitrogens is 1. The van der Waals surface area contributed by atoms with Crippen LogP contribution in [0.3, 0.4) is 0 Å². The number of hydrogen-bond donors (Lipinski definition) is 1. The van der Waals surface area contributed by atoms with E-state index in [-0.39, 0.29) is 0 Å². The molecule has 0 bridgehead atoms. The minimum Gasteiger partial charge on any atom is -0.535 e. The molecule has 4 nitrogen and oxygen atoms in total. The third kappa shape index (κ3) is 2.73. The van der Waals surface area contributed by atoms with Gasteiger partial charge in [0.05, 0.1) is 5.69 Å². The van der Waals surface area contributed by atoms with Gasteiger partial charge in [0.1, 0.15) is 11.3 Å². The predicted octanol–water partition coefficient (Wildman–Crippen LogP) is 5.22. The molecule has 0 saturated carbocycles. The minimum absolute atomic E-state index is 0.441. The van der Waals surface area contributed by atoms with E-state index in [1.165, 1.54) is 0 Å². The Labute approximate surface area is 162 Å². The van der Waals surface area contributed by atoms with E-state index in [1.807, 2.05) is 66.7 Å². The van der Waals surface area contributed by atoms with Gasteiger partial charge in [0.2, 0.25) is 0 Å². The van der Waals surface area contributed by atoms with Crippen LogP contribution in [0.1, 0.15) is 0 Å². The zero-order valence-corrected chi connectivity index (χ0v) is 14.9. The third-order valence-electron chi connectivity index (χ3n) is 4.79. The summed E-state index contributed by atoms with van der Waals surface area (Å²) in [5, 5.41) is 11.1. The van der Waals surface area contributed by atoms with Crippen LogP contribution in [-0.4, -0.2) is 17.7 Å². The van der Waals surface area contributed by atoms with Crippen molar-refractivity contribution in [2.24, 2.45) is 0 Å². The van der Waals surface area contributed by atoms with E-state index < -0.39 is 0 Å². The third-order valence-corrected chi connectivity index (χ3v) is 4.79. The molecule has 1 radical (unpaired) electrons. The Morgan fingerprint density at radius 3 is 2.43 bits per heavy atom. The van der Waals surface area contributed by atoms with Crippen LogP contribution < -0.4 is 4.65 Å². The fraction of sp³-hybridized carbons (Fsp3) is 0. The average molecular weight is 364 g/mol. The number of rotatable bonds is 4. The topological polar surface area (TPSA) is 55.5 Å². The van der Waals surface area contributed by atoms with Crippen molar-refractivity contribution in [1.82, 2.24) is 4.98 Å². The summed E-state index contributed by atoms with van der Waals surface area (Å²) in [7, 11) is 0.669. The molecule has 0 saturated heterocycles. The first-order chi connectivity index (χ1) is 13.8. The van der Waals surface area contributed by atoms with Crippen molar-refractivity contribution in [3.63, 3.8) is 0 Å². The normalized spacial score (nSPS) is 11.0. The van der Waals surface area contributed by atoms with E-state index >= 15 is 0 Å². The first-order valence-corrected chi connectivity index (χ1v) is 8.94. The van der Waals surface area contributed by atoms with E-state index in [2.05, 4.69) is 17.1 Å². The second kappa shape index (κ2) is 6.87. The SMILES string of the molecule is O[B]Oc1cc(-c2ccccn2)cc2c1oc1c(-c3ccccc3)cccc12. The molecule has 5 rings (SSSR count). The highest BCUT2D eigenvalue weighted by Crippen LogP contribution is 2.41. The molecule has 0 atom stereocenters. The standard InChI is InChI=1S/C23H15BNO3/c26-24-28-21-14-16(20-11-4-5-12-25-20)13-19-18-10-6-9-17(22(18)27-23(19)21)15-7-2-1-3-8-15/h1-14,26H. The van der Waals surface area contributed by atoms with Crippen LogP contribution in [0.5, 0.6) is 5.75 Å². The molecule has 0 aliphatic heterocycles. The molecular weight excluding hydrogens is 349 g/mol. The van der Waals surface area contributed by atoms with Gasteiger partial charge in [-0.25, -0.2) is 0 Å². The lowest BCUT2D eigenvalue weighted by Crippen LogP contribution is -2.00. The van der Waals surface area contributed by atoms with Crippen LogP contribution in [0.2, 0.25) is 0 Å². The van der Waals surface area contributed by atoms with Crippen LogP contribution in [0.4, 0.5) is 0 Å². The molecule has 0 aliphatic carbocycles. The molecule has 0 fully saturated rings. The van der Waals surface area contributed by atoms with Gasteiger partial charge in [-0.15, -0.1) is 0 Å². The van der Waals surface area contributed by atoms with Crippen molar-refractivity contribution < 1.29 is 14.1 Å². The Hall–Kier alpha value is -3.57. The highest BCUT2D eigenvalue weighted by molar-refractivity contribution is 6.19. The number of para-hydroxylation sites is 1. The molecule has 0 spiro atoms. The van der Waals surface area contributed by atoms with E-state index in [1.54, 1.807) is 6.20 Å². The lowest BCUT2D eigenvalue weighted by Gasteiger charge is -2.06. The fourth-order valence-electron chi connectivity index (χ4n) is 3.54. The Balaban J connectivity index is 1.82. The van der Waals surface area contributed by atoms with Gasteiger partial charge in [-0.3, -0.25) is 4.98 Å². The summed E-state index contributed by atoms with van der Waals surface area (Å²) >= 11 is 0. The molecule has 5 heteroatoms. The van der Waals surface area contributed by atoms with E-state index in [9.17, 15) is 5.02 Å². The summed E-state index contributed by atoms with van der Waals surface area (Å²) in [5.74, 6) is 0.441. The molecule has 0 amide bonds. The van der Waals surface area contributed by atoms with Crippen LogP contribution in [-0.2, 0) is 0 Å². The van der Waals surface area contributed by atoms with E-state index in [0.29, 0.717) is 19.0 Å². The van der Waals surface area contributed by atoms with Crippen LogP contribution in [0.15, 0.2) is 89.5 Å². The van der Waals surface area contributed by atoms with Crippen molar-refractivity contribution in [3.8, 4) is 28.1 Å². The Morgan fingerprint density at radius 1 is 0.786 bits per heavy atom. The number of hydrogen-bond acceptors (Lipinski definition) is 4. The maximum absolute atomic E-state index is 9.24. The van der Waals surface area contributed by atoms with Gasteiger partial charge < -0.3 is 14.1 Å². The van der Waals surface area contributed by atoms with Crippen molar-refractivity contribution >= 4 is 29.6 Å². The number of benzene rings is 3. The van der Waals surface area contributed by atoms with E-state index in [4.69, 9.17) is 9.07 Å². The van der Waals surface area contributed by atoms with Gasteiger partial charge >= 0.3 is 7.69 Å². The van der Waals surface area contributed by atoms with Gasteiger partial charge in [-0.1, -0.05) is 54.6 Å². The van der Waals surface area contributed by atoms with Gasteiger partial charge in [-0.05, 0) is 29.8 Å². The average Bonchev–Trinajstić information content (AvgIpc) is 3.14. The van der Waals surface area contributed by atoms with Crippen LogP contribution >= 0.6 is 0 Å². The van der Waals surface area contributed by atoms with Gasteiger partial charge in [0.25, 0.3) is 0 Å². The summed E-state index contributed by atoms with van der Waals surface area (Å²) in [5.41, 5.74) is 5.16. The summed E-state index contributed by atoms with van der Waals surface area (Å²) in [6.07, 6.45) is 1.75. The maximum Gasteiger partial charge on any atom is 0.569 e. The first-order valence-electron chi connectivity index (χ1n) is 8.94. The zero-order chi connectivity index (χ0) is 18.9. The number of furan rings is 1. The molecule has 133 valence electrons. The Morgan fingerprint density at radius 2 is 1.64 bits per heavy atom. The van der Waals surface area contributed by atoms with Crippen molar-refractivity contribution in [2.45, 2.75) is 0 Å². The summed E-state index contributed by atoms with van der Waals surface area (Å²) in [4.78, 5) is 4.43. The minimum atomic E-state index is 0.441. The fourth-order valence-corrected chi connectivity index (χ4v) is 3.54. The molecule has 0 aliphatic rings. The van der Waals surface area contributed by atoms with E-state index in [0.717, 1.165) is 38.7 Å². The highest BCUT2D eigenvalue weighted by Gasteiger charge is 2.17. The highest BCUT2D eigenvalue weighted by atomic mass is 16.5. The lowest BCUT2D eigenvalue weighted by atomic mass is 10.0. The van der Waals surface area contributed by atoms with Gasteiger partial charge in [0.15, 0.2) is 5.58 Å². The molecule has 2 aromatic heterocycles. The van der Waals surface area contributed by atoms with Crippen LogP contribution in [0, 0.1) is 0 Å². The predicted molar refractivity (Wildman–Crippen MR) is 111 cm³/mol. The zero-order valence-electron chi connectivity index (χ0n) is 14.9. The number of nitrogens with zero attached hydrogens (tertiary/aromatic N) is 1. The summed E-state index contributed by atoms with van der Waals surface area (Å²) < 4.78 is 11.6. The summed E-state index contributed by atoms with van der Waals surface area (Å²) in [6.45, 7) is 0. The van der Waals surface area contributed by atoms with Crippen molar-refractivity contribution in [1.29, 1.82) is 0 Å². The number of fused-ring (bicyclic) bond motifs is 3. The first kappa shape index (κ1) is 16.6. The number of pyridine rings is 1. The second-order valence-electron chi connectivity index (χ2n) is 6.44. The molecule has 1 N–H and O–H groups in total.